The van der Waals surface area contributed by atoms with Crippen molar-refractivity contribution in [2.24, 2.45) is 11.8 Å². The highest BCUT2D eigenvalue weighted by atomic mass is 19.1. The number of rotatable bonds is 5. The fourth-order valence-corrected chi connectivity index (χ4v) is 3.34. The minimum absolute atomic E-state index is 0.00812. The third-order valence-electron chi connectivity index (χ3n) is 4.60. The van der Waals surface area contributed by atoms with Gasteiger partial charge in [0.2, 0.25) is 6.29 Å². The average molecular weight is 362 g/mol. The highest BCUT2D eigenvalue weighted by Gasteiger charge is 2.44. The molecule has 0 spiro atoms. The van der Waals surface area contributed by atoms with E-state index in [4.69, 9.17) is 18.9 Å². The highest BCUT2D eigenvalue weighted by molar-refractivity contribution is 5.90. The van der Waals surface area contributed by atoms with Gasteiger partial charge in [-0.15, -0.1) is 0 Å². The number of ether oxygens (including phenoxy) is 4. The number of benzene rings is 1. The maximum Gasteiger partial charge on any atom is 0.338 e. The van der Waals surface area contributed by atoms with E-state index in [-0.39, 0.29) is 24.0 Å². The Hall–Kier alpha value is -2.67. The van der Waals surface area contributed by atoms with Crippen molar-refractivity contribution in [3.05, 3.63) is 59.1 Å². The molecule has 0 unspecified atom stereocenters. The molecule has 1 aromatic rings. The Morgan fingerprint density at radius 2 is 2.08 bits per heavy atom. The summed E-state index contributed by atoms with van der Waals surface area (Å²) in [5.41, 5.74) is 1.35. The molecule has 0 radical (unpaired) electrons. The van der Waals surface area contributed by atoms with E-state index < -0.39 is 24.0 Å². The van der Waals surface area contributed by atoms with Crippen molar-refractivity contribution in [1.82, 2.24) is 0 Å². The van der Waals surface area contributed by atoms with Crippen molar-refractivity contribution in [3.63, 3.8) is 0 Å². The molecular formula is C19H19FO6. The van der Waals surface area contributed by atoms with Crippen molar-refractivity contribution < 1.29 is 32.9 Å². The van der Waals surface area contributed by atoms with E-state index in [1.807, 2.05) is 6.08 Å². The maximum atomic E-state index is 13.2. The molecular weight excluding hydrogens is 343 g/mol. The largest absolute Gasteiger partial charge is 0.471 e. The van der Waals surface area contributed by atoms with Crippen LogP contribution < -0.4 is 0 Å². The molecule has 0 N–H and O–H groups in total. The average Bonchev–Trinajstić information content (AvgIpc) is 3.09. The topological polar surface area (TPSA) is 71.1 Å². The van der Waals surface area contributed by atoms with Gasteiger partial charge in [0.05, 0.1) is 30.4 Å². The lowest BCUT2D eigenvalue weighted by atomic mass is 9.83. The van der Waals surface area contributed by atoms with E-state index in [9.17, 15) is 14.0 Å². The SMILES string of the molecule is COC(=O)C1=CO[C@@H](OC)[C@@H]2C(COC(=O)c3cccc(F)c3)=CC[C@H]12. The van der Waals surface area contributed by atoms with E-state index in [1.54, 1.807) is 0 Å². The normalized spacial score (nSPS) is 24.0. The molecule has 0 aromatic heterocycles. The van der Waals surface area contributed by atoms with Crippen molar-refractivity contribution in [2.45, 2.75) is 12.7 Å². The van der Waals surface area contributed by atoms with Gasteiger partial charge < -0.3 is 18.9 Å². The molecule has 0 saturated carbocycles. The van der Waals surface area contributed by atoms with Crippen LogP contribution in [0.2, 0.25) is 0 Å². The van der Waals surface area contributed by atoms with Crippen LogP contribution in [0.25, 0.3) is 0 Å². The molecule has 1 aliphatic carbocycles. The van der Waals surface area contributed by atoms with E-state index in [1.165, 1.54) is 38.7 Å². The van der Waals surface area contributed by atoms with Crippen LogP contribution in [0.3, 0.4) is 0 Å². The van der Waals surface area contributed by atoms with Crippen molar-refractivity contribution in [1.29, 1.82) is 0 Å². The Kier molecular flexibility index (Phi) is 5.37. The van der Waals surface area contributed by atoms with Crippen LogP contribution in [0.15, 0.2) is 47.7 Å². The van der Waals surface area contributed by atoms with Crippen LogP contribution in [0, 0.1) is 17.7 Å². The summed E-state index contributed by atoms with van der Waals surface area (Å²) in [4.78, 5) is 24.1. The van der Waals surface area contributed by atoms with Gasteiger partial charge in [0.25, 0.3) is 0 Å². The molecule has 2 aliphatic rings. The lowest BCUT2D eigenvalue weighted by Gasteiger charge is -2.33. The number of carbonyl (C=O) groups is 2. The molecule has 0 bridgehead atoms. The van der Waals surface area contributed by atoms with E-state index in [0.717, 1.165) is 11.6 Å². The first-order valence-electron chi connectivity index (χ1n) is 8.13. The fourth-order valence-electron chi connectivity index (χ4n) is 3.34. The van der Waals surface area contributed by atoms with Crippen molar-refractivity contribution in [2.75, 3.05) is 20.8 Å². The molecule has 1 heterocycles. The van der Waals surface area contributed by atoms with E-state index in [2.05, 4.69) is 0 Å². The number of fused-ring (bicyclic) bond motifs is 1. The molecule has 1 aliphatic heterocycles. The van der Waals surface area contributed by atoms with Gasteiger partial charge in [0, 0.05) is 13.0 Å². The van der Waals surface area contributed by atoms with Crippen molar-refractivity contribution >= 4 is 11.9 Å². The number of esters is 2. The van der Waals surface area contributed by atoms with E-state index in [0.29, 0.717) is 12.0 Å². The zero-order valence-electron chi connectivity index (χ0n) is 14.4. The number of halogens is 1. The third kappa shape index (κ3) is 3.48. The summed E-state index contributed by atoms with van der Waals surface area (Å²) in [6.07, 6.45) is 3.28. The molecule has 0 amide bonds. The summed E-state index contributed by atoms with van der Waals surface area (Å²) < 4.78 is 34.2. The van der Waals surface area contributed by atoms with Gasteiger partial charge in [0.15, 0.2) is 0 Å². The molecule has 7 heteroatoms. The van der Waals surface area contributed by atoms with Crippen LogP contribution in [0.1, 0.15) is 16.8 Å². The fraction of sp³-hybridized carbons (Fsp3) is 0.368. The molecule has 26 heavy (non-hydrogen) atoms. The molecule has 6 nitrogen and oxygen atoms in total. The number of allylic oxidation sites excluding steroid dienone is 1. The Bertz CT molecular complexity index is 769. The zero-order valence-corrected chi connectivity index (χ0v) is 14.4. The standard InChI is InChI=1S/C19H19FO6/c1-23-18(22)15-10-26-19(24-2)16-12(6-7-14(15)16)9-25-17(21)11-4-3-5-13(20)8-11/h3-6,8,10,14,16,19H,7,9H2,1-2H3/t14-,16-,19-/m1/s1. The van der Waals surface area contributed by atoms with Crippen molar-refractivity contribution in [3.8, 4) is 0 Å². The van der Waals surface area contributed by atoms with Gasteiger partial charge >= 0.3 is 11.9 Å². The van der Waals surface area contributed by atoms with Gasteiger partial charge in [-0.2, -0.15) is 0 Å². The van der Waals surface area contributed by atoms with Gasteiger partial charge in [-0.3, -0.25) is 0 Å². The number of carbonyl (C=O) groups excluding carboxylic acids is 2. The number of hydrogen-bond acceptors (Lipinski definition) is 6. The van der Waals surface area contributed by atoms with Crippen LogP contribution in [-0.4, -0.2) is 39.1 Å². The summed E-state index contributed by atoms with van der Waals surface area (Å²) in [5, 5.41) is 0. The molecule has 1 aromatic carbocycles. The van der Waals surface area contributed by atoms with Gasteiger partial charge in [-0.25, -0.2) is 14.0 Å². The van der Waals surface area contributed by atoms with Crippen LogP contribution >= 0.6 is 0 Å². The highest BCUT2D eigenvalue weighted by Crippen LogP contribution is 2.43. The molecule has 0 fully saturated rings. The van der Waals surface area contributed by atoms with Crippen LogP contribution in [0.4, 0.5) is 4.39 Å². The lowest BCUT2D eigenvalue weighted by Crippen LogP contribution is -2.37. The minimum atomic E-state index is -0.622. The Morgan fingerprint density at radius 3 is 2.77 bits per heavy atom. The Labute approximate surface area is 150 Å². The summed E-state index contributed by atoms with van der Waals surface area (Å²) >= 11 is 0. The summed E-state index contributed by atoms with van der Waals surface area (Å²) in [6, 6.07) is 5.30. The van der Waals surface area contributed by atoms with Gasteiger partial charge in [-0.1, -0.05) is 12.1 Å². The number of methoxy groups -OCH3 is 2. The molecule has 3 rings (SSSR count). The second-order valence-electron chi connectivity index (χ2n) is 6.04. The summed E-state index contributed by atoms with van der Waals surface area (Å²) in [7, 11) is 2.82. The first-order chi connectivity index (χ1) is 12.5. The smallest absolute Gasteiger partial charge is 0.338 e. The molecule has 3 atom stereocenters. The summed E-state index contributed by atoms with van der Waals surface area (Å²) in [5.74, 6) is -2.01. The maximum absolute atomic E-state index is 13.2. The Morgan fingerprint density at radius 1 is 1.27 bits per heavy atom. The van der Waals surface area contributed by atoms with Crippen LogP contribution in [-0.2, 0) is 23.7 Å². The Balaban J connectivity index is 1.70. The predicted molar refractivity (Wildman–Crippen MR) is 88.3 cm³/mol. The second-order valence-corrected chi connectivity index (χ2v) is 6.04. The zero-order chi connectivity index (χ0) is 18.7. The number of hydrogen-bond donors (Lipinski definition) is 0. The van der Waals surface area contributed by atoms with Gasteiger partial charge in [-0.05, 0) is 30.2 Å². The monoisotopic (exact) mass is 362 g/mol. The third-order valence-corrected chi connectivity index (χ3v) is 4.60. The molecule has 138 valence electrons. The first kappa shape index (κ1) is 18.1. The van der Waals surface area contributed by atoms with Gasteiger partial charge in [0.1, 0.15) is 12.4 Å². The predicted octanol–water partition coefficient (Wildman–Crippen LogP) is 2.60. The molecule has 0 saturated heterocycles. The lowest BCUT2D eigenvalue weighted by molar-refractivity contribution is -0.146. The quantitative estimate of drug-likeness (QED) is 0.592. The second kappa shape index (κ2) is 7.70. The first-order valence-corrected chi connectivity index (χ1v) is 8.13. The van der Waals surface area contributed by atoms with Crippen LogP contribution in [0.5, 0.6) is 0 Å². The minimum Gasteiger partial charge on any atom is -0.471 e. The summed E-state index contributed by atoms with van der Waals surface area (Å²) in [6.45, 7) is 0.00812. The van der Waals surface area contributed by atoms with E-state index >= 15 is 0 Å².